The van der Waals surface area contributed by atoms with Crippen LogP contribution >= 0.6 is 0 Å². The van der Waals surface area contributed by atoms with Gasteiger partial charge in [-0.05, 0) is 31.6 Å². The summed E-state index contributed by atoms with van der Waals surface area (Å²) in [7, 11) is 0. The van der Waals surface area contributed by atoms with E-state index in [0.29, 0.717) is 5.56 Å². The van der Waals surface area contributed by atoms with E-state index in [0.717, 1.165) is 5.56 Å². The monoisotopic (exact) mass is 194 g/mol. The summed E-state index contributed by atoms with van der Waals surface area (Å²) in [5.74, 6) is -1.43. The quantitative estimate of drug-likeness (QED) is 0.735. The van der Waals surface area contributed by atoms with E-state index >= 15 is 0 Å². The Balaban J connectivity index is 3.09. The third kappa shape index (κ3) is 2.42. The Hall–Kier alpha value is -1.64. The van der Waals surface area contributed by atoms with Gasteiger partial charge in [0.05, 0.1) is 0 Å². The molecular weight excluding hydrogens is 183 g/mol. The molecule has 0 amide bonds. The van der Waals surface area contributed by atoms with E-state index in [4.69, 9.17) is 5.11 Å². The summed E-state index contributed by atoms with van der Waals surface area (Å²) in [6, 6.07) is 4.68. The molecule has 14 heavy (non-hydrogen) atoms. The van der Waals surface area contributed by atoms with Gasteiger partial charge in [-0.25, -0.2) is 9.18 Å². The van der Waals surface area contributed by atoms with Crippen molar-refractivity contribution in [3.63, 3.8) is 0 Å². The Morgan fingerprint density at radius 3 is 2.64 bits per heavy atom. The Bertz CT molecular complexity index is 394. The van der Waals surface area contributed by atoms with Gasteiger partial charge in [0.25, 0.3) is 0 Å². The molecule has 1 aromatic carbocycles. The first-order valence-corrected chi connectivity index (χ1v) is 4.18. The maximum Gasteiger partial charge on any atom is 0.331 e. The van der Waals surface area contributed by atoms with Gasteiger partial charge in [-0.3, -0.25) is 0 Å². The Morgan fingerprint density at radius 2 is 2.14 bits per heavy atom. The molecule has 74 valence electrons. The van der Waals surface area contributed by atoms with Gasteiger partial charge in [0.15, 0.2) is 0 Å². The van der Waals surface area contributed by atoms with Crippen molar-refractivity contribution >= 4 is 12.0 Å². The summed E-state index contributed by atoms with van der Waals surface area (Å²) in [6.07, 6.45) is 1.32. The highest BCUT2D eigenvalue weighted by Gasteiger charge is 2.03. The van der Waals surface area contributed by atoms with Crippen molar-refractivity contribution in [3.8, 4) is 0 Å². The summed E-state index contributed by atoms with van der Waals surface area (Å²) < 4.78 is 13.2. The van der Waals surface area contributed by atoms with Crippen LogP contribution in [0.2, 0.25) is 0 Å². The van der Waals surface area contributed by atoms with Gasteiger partial charge in [-0.1, -0.05) is 12.1 Å². The molecule has 0 heterocycles. The Morgan fingerprint density at radius 1 is 1.50 bits per heavy atom. The van der Waals surface area contributed by atoms with Gasteiger partial charge in [-0.2, -0.15) is 0 Å². The van der Waals surface area contributed by atoms with Crippen LogP contribution in [-0.2, 0) is 4.79 Å². The van der Waals surface area contributed by atoms with Crippen molar-refractivity contribution in [2.75, 3.05) is 0 Å². The van der Waals surface area contributed by atoms with E-state index < -0.39 is 11.8 Å². The summed E-state index contributed by atoms with van der Waals surface area (Å²) in [4.78, 5) is 10.5. The molecule has 3 heteroatoms. The van der Waals surface area contributed by atoms with E-state index in [-0.39, 0.29) is 5.57 Å². The van der Waals surface area contributed by atoms with Crippen molar-refractivity contribution < 1.29 is 14.3 Å². The molecule has 2 nitrogen and oxygen atoms in total. The van der Waals surface area contributed by atoms with Crippen LogP contribution in [0, 0.1) is 12.7 Å². The fraction of sp³-hybridized carbons (Fsp3) is 0.182. The minimum Gasteiger partial charge on any atom is -0.478 e. The Labute approximate surface area is 81.7 Å². The van der Waals surface area contributed by atoms with Gasteiger partial charge >= 0.3 is 5.97 Å². The van der Waals surface area contributed by atoms with Gasteiger partial charge in [0.1, 0.15) is 5.82 Å². The zero-order chi connectivity index (χ0) is 10.7. The maximum absolute atomic E-state index is 13.2. The number of carboxylic acids is 1. The van der Waals surface area contributed by atoms with Crippen molar-refractivity contribution in [2.45, 2.75) is 13.8 Å². The highest BCUT2D eigenvalue weighted by molar-refractivity contribution is 5.91. The smallest absolute Gasteiger partial charge is 0.331 e. The fourth-order valence-corrected chi connectivity index (χ4v) is 1.04. The minimum absolute atomic E-state index is 0.118. The molecule has 0 aromatic heterocycles. The third-order valence-corrected chi connectivity index (χ3v) is 1.87. The number of hydrogen-bond donors (Lipinski definition) is 1. The molecule has 0 aliphatic rings. The lowest BCUT2D eigenvalue weighted by atomic mass is 10.1. The SMILES string of the molecule is C/C(=C\c1ccc(C)cc1F)C(=O)O. The van der Waals surface area contributed by atoms with Crippen LogP contribution in [0.1, 0.15) is 18.1 Å². The van der Waals surface area contributed by atoms with Crippen molar-refractivity contribution in [1.29, 1.82) is 0 Å². The van der Waals surface area contributed by atoms with Crippen molar-refractivity contribution in [2.24, 2.45) is 0 Å². The van der Waals surface area contributed by atoms with Crippen LogP contribution in [0.3, 0.4) is 0 Å². The van der Waals surface area contributed by atoms with Crippen LogP contribution in [-0.4, -0.2) is 11.1 Å². The molecule has 1 rings (SSSR count). The number of rotatable bonds is 2. The minimum atomic E-state index is -1.04. The highest BCUT2D eigenvalue weighted by atomic mass is 19.1. The summed E-state index contributed by atoms with van der Waals surface area (Å²) in [5.41, 5.74) is 1.23. The first-order chi connectivity index (χ1) is 6.50. The van der Waals surface area contributed by atoms with E-state index in [1.807, 2.05) is 0 Å². The van der Waals surface area contributed by atoms with Crippen molar-refractivity contribution in [1.82, 2.24) is 0 Å². The number of hydrogen-bond acceptors (Lipinski definition) is 1. The fourth-order valence-electron chi connectivity index (χ4n) is 1.04. The van der Waals surface area contributed by atoms with Gasteiger partial charge in [0.2, 0.25) is 0 Å². The van der Waals surface area contributed by atoms with Gasteiger partial charge in [-0.15, -0.1) is 0 Å². The van der Waals surface area contributed by atoms with Crippen molar-refractivity contribution in [3.05, 3.63) is 40.7 Å². The molecule has 0 aliphatic carbocycles. The zero-order valence-electron chi connectivity index (χ0n) is 8.04. The van der Waals surface area contributed by atoms with Crippen LogP contribution < -0.4 is 0 Å². The highest BCUT2D eigenvalue weighted by Crippen LogP contribution is 2.13. The number of aryl methyl sites for hydroxylation is 1. The zero-order valence-corrected chi connectivity index (χ0v) is 8.04. The summed E-state index contributed by atoms with van der Waals surface area (Å²) in [6.45, 7) is 3.21. The predicted octanol–water partition coefficient (Wildman–Crippen LogP) is 2.62. The first kappa shape index (κ1) is 10.4. The van der Waals surface area contributed by atoms with E-state index in [1.165, 1.54) is 19.1 Å². The molecule has 0 fully saturated rings. The second-order valence-corrected chi connectivity index (χ2v) is 3.16. The average Bonchev–Trinajstić information content (AvgIpc) is 2.09. The molecule has 0 spiro atoms. The second kappa shape index (κ2) is 4.05. The van der Waals surface area contributed by atoms with E-state index in [2.05, 4.69) is 0 Å². The van der Waals surface area contributed by atoms with Crippen LogP contribution in [0.25, 0.3) is 6.08 Å². The maximum atomic E-state index is 13.2. The number of halogens is 1. The largest absolute Gasteiger partial charge is 0.478 e. The lowest BCUT2D eigenvalue weighted by molar-refractivity contribution is -0.132. The lowest BCUT2D eigenvalue weighted by Gasteiger charge is -1.99. The molecule has 1 N–H and O–H groups in total. The molecule has 1 aromatic rings. The molecule has 0 radical (unpaired) electrons. The lowest BCUT2D eigenvalue weighted by Crippen LogP contribution is -1.96. The molecular formula is C11H11FO2. The molecule has 0 saturated carbocycles. The normalized spacial score (nSPS) is 11.5. The number of aliphatic carboxylic acids is 1. The average molecular weight is 194 g/mol. The Kier molecular flexibility index (Phi) is 3.02. The summed E-state index contributed by atoms with van der Waals surface area (Å²) in [5, 5.41) is 8.60. The number of benzene rings is 1. The van der Waals surface area contributed by atoms with Gasteiger partial charge in [0, 0.05) is 11.1 Å². The van der Waals surface area contributed by atoms with E-state index in [1.54, 1.807) is 19.1 Å². The molecule has 0 aliphatic heterocycles. The number of carboxylic acid groups (broad SMARTS) is 1. The van der Waals surface area contributed by atoms with Gasteiger partial charge < -0.3 is 5.11 Å². The number of carbonyl (C=O) groups is 1. The molecule has 0 atom stereocenters. The van der Waals surface area contributed by atoms with Crippen LogP contribution in [0.4, 0.5) is 4.39 Å². The first-order valence-electron chi connectivity index (χ1n) is 4.18. The van der Waals surface area contributed by atoms with Crippen LogP contribution in [0.15, 0.2) is 23.8 Å². The molecule has 0 saturated heterocycles. The van der Waals surface area contributed by atoms with E-state index in [9.17, 15) is 9.18 Å². The molecule has 0 unspecified atom stereocenters. The predicted molar refractivity (Wildman–Crippen MR) is 52.4 cm³/mol. The third-order valence-electron chi connectivity index (χ3n) is 1.87. The topological polar surface area (TPSA) is 37.3 Å². The second-order valence-electron chi connectivity index (χ2n) is 3.16. The summed E-state index contributed by atoms with van der Waals surface area (Å²) >= 11 is 0. The van der Waals surface area contributed by atoms with Crippen LogP contribution in [0.5, 0.6) is 0 Å². The molecule has 0 bridgehead atoms. The standard InChI is InChI=1S/C11H11FO2/c1-7-3-4-9(10(12)5-7)6-8(2)11(13)14/h3-6H,1-2H3,(H,13,14)/b8-6+.